The maximum Gasteiger partial charge on any atom is 0.337 e. The number of amides is 1. The van der Waals surface area contributed by atoms with E-state index in [9.17, 15) is 14.7 Å². The molecule has 0 aliphatic carbocycles. The lowest BCUT2D eigenvalue weighted by Crippen LogP contribution is -2.17. The van der Waals surface area contributed by atoms with E-state index in [-0.39, 0.29) is 23.6 Å². The van der Waals surface area contributed by atoms with Gasteiger partial charge in [0.1, 0.15) is 0 Å². The van der Waals surface area contributed by atoms with Crippen LogP contribution in [0.25, 0.3) is 11.1 Å². The Morgan fingerprint density at radius 1 is 0.871 bits per heavy atom. The molecule has 3 aromatic carbocycles. The standard InChI is InChI=1S/C25H23Cl2NO3/c1-2-3-4-16-5-8-18(9-6-16)19-10-12-23(20(15-19)25(30)31)28-24(29)14-17-7-11-21(26)22(27)13-17/h5-13,15H,2-4,14H2,1H3,(H,28,29)(H,30,31). The van der Waals surface area contributed by atoms with Gasteiger partial charge in [-0.1, -0.05) is 72.9 Å². The molecule has 31 heavy (non-hydrogen) atoms. The Labute approximate surface area is 191 Å². The number of aryl methyl sites for hydroxylation is 1. The number of hydrogen-bond donors (Lipinski definition) is 2. The van der Waals surface area contributed by atoms with Gasteiger partial charge in [-0.25, -0.2) is 4.79 Å². The number of halogens is 2. The van der Waals surface area contributed by atoms with E-state index in [1.165, 1.54) is 5.56 Å². The summed E-state index contributed by atoms with van der Waals surface area (Å²) in [4.78, 5) is 24.3. The van der Waals surface area contributed by atoms with Gasteiger partial charge in [0.2, 0.25) is 5.91 Å². The van der Waals surface area contributed by atoms with Crippen LogP contribution in [-0.2, 0) is 17.6 Å². The molecule has 0 fully saturated rings. The fraction of sp³-hybridized carbons (Fsp3) is 0.200. The summed E-state index contributed by atoms with van der Waals surface area (Å²) in [6.07, 6.45) is 3.36. The third kappa shape index (κ3) is 6.09. The molecule has 0 aliphatic rings. The molecule has 0 saturated heterocycles. The fourth-order valence-corrected chi connectivity index (χ4v) is 3.60. The van der Waals surface area contributed by atoms with Gasteiger partial charge >= 0.3 is 5.97 Å². The predicted molar refractivity (Wildman–Crippen MR) is 126 cm³/mol. The normalized spacial score (nSPS) is 10.7. The van der Waals surface area contributed by atoms with Gasteiger partial charge in [0.15, 0.2) is 0 Å². The van der Waals surface area contributed by atoms with Crippen LogP contribution in [0.15, 0.2) is 60.7 Å². The smallest absolute Gasteiger partial charge is 0.337 e. The topological polar surface area (TPSA) is 66.4 Å². The van der Waals surface area contributed by atoms with E-state index in [0.717, 1.165) is 30.4 Å². The molecule has 0 heterocycles. The molecule has 0 bridgehead atoms. The molecule has 0 radical (unpaired) electrons. The van der Waals surface area contributed by atoms with E-state index in [0.29, 0.717) is 15.6 Å². The number of aromatic carboxylic acids is 1. The minimum Gasteiger partial charge on any atom is -0.478 e. The summed E-state index contributed by atoms with van der Waals surface area (Å²) >= 11 is 11.9. The van der Waals surface area contributed by atoms with Gasteiger partial charge < -0.3 is 10.4 Å². The van der Waals surface area contributed by atoms with Crippen molar-refractivity contribution in [3.63, 3.8) is 0 Å². The van der Waals surface area contributed by atoms with Gasteiger partial charge in [0, 0.05) is 0 Å². The molecule has 2 N–H and O–H groups in total. The summed E-state index contributed by atoms with van der Waals surface area (Å²) in [7, 11) is 0. The monoisotopic (exact) mass is 455 g/mol. The second kappa shape index (κ2) is 10.5. The number of carboxylic acid groups (broad SMARTS) is 1. The molecule has 0 aromatic heterocycles. The number of hydrogen-bond acceptors (Lipinski definition) is 2. The molecule has 6 heteroatoms. The molecule has 1 amide bonds. The molecule has 0 spiro atoms. The highest BCUT2D eigenvalue weighted by atomic mass is 35.5. The van der Waals surface area contributed by atoms with Crippen LogP contribution in [-0.4, -0.2) is 17.0 Å². The minimum absolute atomic E-state index is 0.0371. The van der Waals surface area contributed by atoms with Crippen molar-refractivity contribution < 1.29 is 14.7 Å². The molecule has 0 aliphatic heterocycles. The highest BCUT2D eigenvalue weighted by molar-refractivity contribution is 6.42. The van der Waals surface area contributed by atoms with Crippen molar-refractivity contribution in [1.29, 1.82) is 0 Å². The van der Waals surface area contributed by atoms with Crippen LogP contribution < -0.4 is 5.32 Å². The highest BCUT2D eigenvalue weighted by Crippen LogP contribution is 2.27. The first-order chi connectivity index (χ1) is 14.9. The van der Waals surface area contributed by atoms with Crippen LogP contribution in [0, 0.1) is 0 Å². The van der Waals surface area contributed by atoms with Crippen molar-refractivity contribution >= 4 is 40.8 Å². The Morgan fingerprint density at radius 2 is 1.55 bits per heavy atom. The van der Waals surface area contributed by atoms with Crippen molar-refractivity contribution in [3.8, 4) is 11.1 Å². The van der Waals surface area contributed by atoms with Crippen molar-refractivity contribution in [2.45, 2.75) is 32.6 Å². The predicted octanol–water partition coefficient (Wildman–Crippen LogP) is 6.88. The summed E-state index contributed by atoms with van der Waals surface area (Å²) in [5, 5.41) is 13.1. The van der Waals surface area contributed by atoms with E-state index in [1.807, 2.05) is 18.2 Å². The first-order valence-corrected chi connectivity index (χ1v) is 10.8. The molecular formula is C25H23Cl2NO3. The SMILES string of the molecule is CCCCc1ccc(-c2ccc(NC(=O)Cc3ccc(Cl)c(Cl)c3)c(C(=O)O)c2)cc1. The Hall–Kier alpha value is -2.82. The van der Waals surface area contributed by atoms with Crippen molar-refractivity contribution in [2.75, 3.05) is 5.32 Å². The molecular weight excluding hydrogens is 433 g/mol. The van der Waals surface area contributed by atoms with E-state index >= 15 is 0 Å². The van der Waals surface area contributed by atoms with Gasteiger partial charge in [0.05, 0.1) is 27.7 Å². The average molecular weight is 456 g/mol. The molecule has 0 saturated carbocycles. The van der Waals surface area contributed by atoms with E-state index in [2.05, 4.69) is 24.4 Å². The molecule has 0 atom stereocenters. The second-order valence-corrected chi connectivity index (χ2v) is 8.15. The molecule has 0 unspecified atom stereocenters. The summed E-state index contributed by atoms with van der Waals surface area (Å²) in [6, 6.07) is 18.1. The summed E-state index contributed by atoms with van der Waals surface area (Å²) in [5.74, 6) is -1.44. The highest BCUT2D eigenvalue weighted by Gasteiger charge is 2.15. The number of anilines is 1. The van der Waals surface area contributed by atoms with E-state index in [4.69, 9.17) is 23.2 Å². The first-order valence-electron chi connectivity index (χ1n) is 10.1. The lowest BCUT2D eigenvalue weighted by Gasteiger charge is -2.12. The lowest BCUT2D eigenvalue weighted by molar-refractivity contribution is -0.115. The van der Waals surface area contributed by atoms with Gasteiger partial charge in [-0.3, -0.25) is 4.79 Å². The van der Waals surface area contributed by atoms with Crippen molar-refractivity contribution in [2.24, 2.45) is 0 Å². The van der Waals surface area contributed by atoms with Crippen LogP contribution in [0.1, 0.15) is 41.3 Å². The minimum atomic E-state index is -1.11. The van der Waals surface area contributed by atoms with Crippen LogP contribution in [0.3, 0.4) is 0 Å². The third-order valence-corrected chi connectivity index (χ3v) is 5.72. The van der Waals surface area contributed by atoms with E-state index < -0.39 is 5.97 Å². The second-order valence-electron chi connectivity index (χ2n) is 7.34. The largest absolute Gasteiger partial charge is 0.478 e. The number of benzene rings is 3. The maximum atomic E-state index is 12.5. The summed E-state index contributed by atoms with van der Waals surface area (Å²) < 4.78 is 0. The van der Waals surface area contributed by atoms with Gasteiger partial charge in [0.25, 0.3) is 0 Å². The number of rotatable bonds is 8. The van der Waals surface area contributed by atoms with Gasteiger partial charge in [-0.05, 0) is 59.4 Å². The van der Waals surface area contributed by atoms with Crippen LogP contribution in [0.4, 0.5) is 5.69 Å². The summed E-state index contributed by atoms with van der Waals surface area (Å²) in [6.45, 7) is 2.16. The molecule has 4 nitrogen and oxygen atoms in total. The summed E-state index contributed by atoms with van der Waals surface area (Å²) in [5.41, 5.74) is 3.94. The van der Waals surface area contributed by atoms with Gasteiger partial charge in [-0.2, -0.15) is 0 Å². The Kier molecular flexibility index (Phi) is 7.72. The Bertz CT molecular complexity index is 1090. The van der Waals surface area contributed by atoms with Crippen LogP contribution in [0.2, 0.25) is 10.0 Å². The zero-order chi connectivity index (χ0) is 22.4. The first kappa shape index (κ1) is 22.9. The Morgan fingerprint density at radius 3 is 2.19 bits per heavy atom. The van der Waals surface area contributed by atoms with Gasteiger partial charge in [-0.15, -0.1) is 0 Å². The maximum absolute atomic E-state index is 12.5. The van der Waals surface area contributed by atoms with Crippen LogP contribution >= 0.6 is 23.2 Å². The lowest BCUT2D eigenvalue weighted by atomic mass is 9.99. The zero-order valence-corrected chi connectivity index (χ0v) is 18.6. The number of nitrogens with one attached hydrogen (secondary N) is 1. The molecule has 160 valence electrons. The van der Waals surface area contributed by atoms with Crippen molar-refractivity contribution in [3.05, 3.63) is 87.4 Å². The van der Waals surface area contributed by atoms with Crippen LogP contribution in [0.5, 0.6) is 0 Å². The third-order valence-electron chi connectivity index (χ3n) is 4.98. The number of carbonyl (C=O) groups excluding carboxylic acids is 1. The number of carboxylic acids is 1. The van der Waals surface area contributed by atoms with E-state index in [1.54, 1.807) is 30.3 Å². The molecule has 3 rings (SSSR count). The zero-order valence-electron chi connectivity index (χ0n) is 17.1. The quantitative estimate of drug-likeness (QED) is 0.388. The number of unbranched alkanes of at least 4 members (excludes halogenated alkanes) is 1. The number of carbonyl (C=O) groups is 2. The Balaban J connectivity index is 1.77. The molecule has 3 aromatic rings. The van der Waals surface area contributed by atoms with Crippen molar-refractivity contribution in [1.82, 2.24) is 0 Å². The fourth-order valence-electron chi connectivity index (χ4n) is 3.28. The average Bonchev–Trinajstić information content (AvgIpc) is 2.75.